The number of hydrogen-bond donors (Lipinski definition) is 0. The van der Waals surface area contributed by atoms with Crippen LogP contribution in [0.4, 0.5) is 0 Å². The molecule has 0 aliphatic carbocycles. The lowest BCUT2D eigenvalue weighted by atomic mass is 9.92. The first-order valence-corrected chi connectivity index (χ1v) is 21.4. The molecule has 62 heavy (non-hydrogen) atoms. The monoisotopic (exact) mass is 786 g/mol. The Bertz CT molecular complexity index is 3870. The molecule has 2 aromatic heterocycles. The van der Waals surface area contributed by atoms with Gasteiger partial charge in [0.15, 0.2) is 0 Å². The maximum absolute atomic E-state index is 2.46. The lowest BCUT2D eigenvalue weighted by Gasteiger charge is -2.16. The van der Waals surface area contributed by atoms with Gasteiger partial charge in [-0.15, -0.1) is 0 Å². The highest BCUT2D eigenvalue weighted by atomic mass is 15.0. The summed E-state index contributed by atoms with van der Waals surface area (Å²) in [6.07, 6.45) is 0. The Kier molecular flexibility index (Phi) is 7.64. The van der Waals surface area contributed by atoms with Gasteiger partial charge in [0.25, 0.3) is 0 Å². The molecular formula is C60H38N2. The minimum atomic E-state index is 1.16. The first-order valence-electron chi connectivity index (χ1n) is 21.4. The Morgan fingerprint density at radius 3 is 1.24 bits per heavy atom. The van der Waals surface area contributed by atoms with E-state index in [1.807, 2.05) is 0 Å². The van der Waals surface area contributed by atoms with E-state index in [0.29, 0.717) is 0 Å². The molecule has 0 fully saturated rings. The fourth-order valence-corrected chi connectivity index (χ4v) is 10.3. The van der Waals surface area contributed by atoms with Crippen molar-refractivity contribution < 1.29 is 0 Å². The van der Waals surface area contributed by atoms with Gasteiger partial charge < -0.3 is 9.13 Å². The lowest BCUT2D eigenvalue weighted by Crippen LogP contribution is -1.97. The van der Waals surface area contributed by atoms with Crippen LogP contribution in [0, 0.1) is 0 Å². The highest BCUT2D eigenvalue weighted by molar-refractivity contribution is 6.26. The van der Waals surface area contributed by atoms with Crippen LogP contribution in [-0.2, 0) is 0 Å². The molecule has 0 aliphatic heterocycles. The zero-order chi connectivity index (χ0) is 40.7. The fraction of sp³-hybridized carbons (Fsp3) is 0. The molecule has 2 heterocycles. The van der Waals surface area contributed by atoms with Gasteiger partial charge in [0.1, 0.15) is 0 Å². The minimum Gasteiger partial charge on any atom is -0.309 e. The number of nitrogens with zero attached hydrogens (tertiary/aromatic N) is 2. The van der Waals surface area contributed by atoms with E-state index in [1.54, 1.807) is 0 Å². The predicted molar refractivity (Wildman–Crippen MR) is 264 cm³/mol. The zero-order valence-electron chi connectivity index (χ0n) is 33.8. The van der Waals surface area contributed by atoms with Crippen LogP contribution in [-0.4, -0.2) is 9.13 Å². The van der Waals surface area contributed by atoms with Crippen molar-refractivity contribution in [2.45, 2.75) is 0 Å². The quantitative estimate of drug-likeness (QED) is 0.154. The van der Waals surface area contributed by atoms with Gasteiger partial charge in [-0.2, -0.15) is 0 Å². The lowest BCUT2D eigenvalue weighted by molar-refractivity contribution is 1.18. The number of aromatic nitrogens is 2. The molecule has 11 aromatic carbocycles. The van der Waals surface area contributed by atoms with Gasteiger partial charge in [0, 0.05) is 32.8 Å². The van der Waals surface area contributed by atoms with Crippen molar-refractivity contribution in [3.63, 3.8) is 0 Å². The van der Waals surface area contributed by atoms with Crippen molar-refractivity contribution in [3.05, 3.63) is 231 Å². The number of para-hydroxylation sites is 3. The summed E-state index contributed by atoms with van der Waals surface area (Å²) in [6.45, 7) is 0. The van der Waals surface area contributed by atoms with Crippen LogP contribution in [0.15, 0.2) is 231 Å². The Labute approximate surface area is 358 Å². The molecule has 0 unspecified atom stereocenters. The standard InChI is InChI=1S/C60H38N2/c1-2-14-39(15-3-1)40-26-31-44(32-27-40)61-57-24-12-9-21-51(57)54-36-41(29-34-59(54)61)42-30-35-60-55(37-42)52-22-10-13-25-58(52)62(60)56-23-11-8-16-45(56)43-28-33-50-48-19-5-4-17-46(48)47-18-6-7-20-49(47)53(50)38-43/h1-38H. The molecule has 0 bridgehead atoms. The fourth-order valence-electron chi connectivity index (χ4n) is 10.3. The predicted octanol–water partition coefficient (Wildman–Crippen LogP) is 16.3. The van der Waals surface area contributed by atoms with Crippen molar-refractivity contribution in [2.75, 3.05) is 0 Å². The second kappa shape index (κ2) is 13.7. The van der Waals surface area contributed by atoms with E-state index in [2.05, 4.69) is 240 Å². The SMILES string of the molecule is c1ccc(-c2ccc(-n3c4ccccc4c4cc(-c5ccc6c(c5)c5ccccc5n6-c5ccccc5-c5ccc6c7ccccc7c7ccccc7c6c5)ccc43)cc2)cc1. The van der Waals surface area contributed by atoms with Crippen LogP contribution >= 0.6 is 0 Å². The summed E-state index contributed by atoms with van der Waals surface area (Å²) in [4.78, 5) is 0. The molecule has 288 valence electrons. The average molecular weight is 787 g/mol. The number of benzene rings is 11. The highest BCUT2D eigenvalue weighted by Gasteiger charge is 2.19. The summed E-state index contributed by atoms with van der Waals surface area (Å²) in [5.41, 5.74) is 14.4. The van der Waals surface area contributed by atoms with Gasteiger partial charge in [0.2, 0.25) is 0 Å². The number of fused-ring (bicyclic) bond motifs is 12. The third-order valence-corrected chi connectivity index (χ3v) is 13.1. The second-order valence-electron chi connectivity index (χ2n) is 16.5. The van der Waals surface area contributed by atoms with Crippen LogP contribution in [0.1, 0.15) is 0 Å². The molecule has 13 aromatic rings. The van der Waals surface area contributed by atoms with Gasteiger partial charge in [0.05, 0.1) is 27.8 Å². The van der Waals surface area contributed by atoms with E-state index in [0.717, 1.165) is 5.69 Å². The summed E-state index contributed by atoms with van der Waals surface area (Å²) in [6, 6.07) is 84.7. The maximum Gasteiger partial charge on any atom is 0.0541 e. The Hall–Kier alpha value is -8.20. The summed E-state index contributed by atoms with van der Waals surface area (Å²) >= 11 is 0. The topological polar surface area (TPSA) is 9.86 Å². The number of rotatable bonds is 5. The van der Waals surface area contributed by atoms with Crippen molar-refractivity contribution >= 4 is 75.9 Å². The van der Waals surface area contributed by atoms with Crippen LogP contribution in [0.25, 0.3) is 121 Å². The molecular weight excluding hydrogens is 749 g/mol. The van der Waals surface area contributed by atoms with E-state index < -0.39 is 0 Å². The van der Waals surface area contributed by atoms with Crippen LogP contribution in [0.5, 0.6) is 0 Å². The number of hydrogen-bond acceptors (Lipinski definition) is 0. The Morgan fingerprint density at radius 1 is 0.210 bits per heavy atom. The van der Waals surface area contributed by atoms with E-state index in [9.17, 15) is 0 Å². The van der Waals surface area contributed by atoms with Crippen molar-refractivity contribution in [3.8, 4) is 44.8 Å². The molecule has 0 amide bonds. The van der Waals surface area contributed by atoms with E-state index >= 15 is 0 Å². The molecule has 0 radical (unpaired) electrons. The van der Waals surface area contributed by atoms with Crippen molar-refractivity contribution in [2.24, 2.45) is 0 Å². The van der Waals surface area contributed by atoms with E-state index in [4.69, 9.17) is 0 Å². The molecule has 2 heteroatoms. The molecule has 0 saturated carbocycles. The normalized spacial score (nSPS) is 11.9. The molecule has 0 aliphatic rings. The zero-order valence-corrected chi connectivity index (χ0v) is 33.8. The largest absolute Gasteiger partial charge is 0.309 e. The van der Waals surface area contributed by atoms with Crippen molar-refractivity contribution in [1.29, 1.82) is 0 Å². The Balaban J connectivity index is 0.949. The van der Waals surface area contributed by atoms with Crippen molar-refractivity contribution in [1.82, 2.24) is 9.13 Å². The molecule has 0 atom stereocenters. The third-order valence-electron chi connectivity index (χ3n) is 13.1. The van der Waals surface area contributed by atoms with E-state index in [1.165, 1.54) is 115 Å². The van der Waals surface area contributed by atoms with Gasteiger partial charge >= 0.3 is 0 Å². The van der Waals surface area contributed by atoms with Crippen LogP contribution < -0.4 is 0 Å². The molecule has 0 N–H and O–H groups in total. The second-order valence-corrected chi connectivity index (χ2v) is 16.5. The molecule has 2 nitrogen and oxygen atoms in total. The first-order chi connectivity index (χ1) is 30.8. The van der Waals surface area contributed by atoms with Crippen LogP contribution in [0.2, 0.25) is 0 Å². The first kappa shape index (κ1) is 34.6. The third kappa shape index (κ3) is 5.23. The summed E-state index contributed by atoms with van der Waals surface area (Å²) in [7, 11) is 0. The van der Waals surface area contributed by atoms with E-state index in [-0.39, 0.29) is 0 Å². The molecule has 0 saturated heterocycles. The highest BCUT2D eigenvalue weighted by Crippen LogP contribution is 2.42. The Morgan fingerprint density at radius 2 is 0.613 bits per heavy atom. The average Bonchev–Trinajstić information content (AvgIpc) is 3.86. The van der Waals surface area contributed by atoms with Gasteiger partial charge in [-0.1, -0.05) is 170 Å². The van der Waals surface area contributed by atoms with Gasteiger partial charge in [-0.3, -0.25) is 0 Å². The summed E-state index contributed by atoms with van der Waals surface area (Å²) in [5, 5.41) is 12.7. The van der Waals surface area contributed by atoms with Crippen LogP contribution in [0.3, 0.4) is 0 Å². The van der Waals surface area contributed by atoms with Gasteiger partial charge in [-0.05, 0) is 121 Å². The molecule has 0 spiro atoms. The smallest absolute Gasteiger partial charge is 0.0541 e. The molecule has 13 rings (SSSR count). The maximum atomic E-state index is 2.46. The summed E-state index contributed by atoms with van der Waals surface area (Å²) in [5.74, 6) is 0. The summed E-state index contributed by atoms with van der Waals surface area (Å²) < 4.78 is 4.87. The van der Waals surface area contributed by atoms with Gasteiger partial charge in [-0.25, -0.2) is 0 Å². The minimum absolute atomic E-state index is 1.16.